The van der Waals surface area contributed by atoms with E-state index in [1.165, 1.54) is 12.1 Å². The molecule has 0 aliphatic heterocycles. The Bertz CT molecular complexity index is 1370. The van der Waals surface area contributed by atoms with Crippen molar-refractivity contribution in [3.8, 4) is 0 Å². The molecule has 37 heavy (non-hydrogen) atoms. The maximum Gasteiger partial charge on any atom is 0.446 e. The molecule has 0 spiro atoms. The van der Waals surface area contributed by atoms with Gasteiger partial charge in [-0.2, -0.15) is 13.2 Å². The summed E-state index contributed by atoms with van der Waals surface area (Å²) < 4.78 is 38.5. The summed E-state index contributed by atoms with van der Waals surface area (Å²) in [7, 11) is 0. The minimum Gasteiger partial charge on any atom is -0.311 e. The van der Waals surface area contributed by atoms with Crippen LogP contribution in [0.5, 0.6) is 0 Å². The van der Waals surface area contributed by atoms with Gasteiger partial charge in [0, 0.05) is 39.0 Å². The van der Waals surface area contributed by atoms with Crippen molar-refractivity contribution in [2.45, 2.75) is 10.4 Å². The number of alkyl halides is 3. The van der Waals surface area contributed by atoms with Crippen LogP contribution in [0.15, 0.2) is 144 Å². The molecule has 2 nitrogen and oxygen atoms in total. The fourth-order valence-corrected chi connectivity index (χ4v) is 4.71. The highest BCUT2D eigenvalue weighted by molar-refractivity contribution is 8.00. The van der Waals surface area contributed by atoms with Gasteiger partial charge in [0.2, 0.25) is 0 Å². The number of para-hydroxylation sites is 3. The van der Waals surface area contributed by atoms with Crippen molar-refractivity contribution in [3.05, 3.63) is 140 Å². The highest BCUT2D eigenvalue weighted by Gasteiger charge is 2.29. The molecule has 5 aromatic rings. The Morgan fingerprint density at radius 3 is 0.946 bits per heavy atom. The number of nitrogens with zero attached hydrogens (tertiary/aromatic N) is 2. The molecule has 6 heteroatoms. The molecular weight excluding hydrogens is 489 g/mol. The smallest absolute Gasteiger partial charge is 0.311 e. The average Bonchev–Trinajstić information content (AvgIpc) is 2.92. The minimum atomic E-state index is -4.32. The van der Waals surface area contributed by atoms with Gasteiger partial charge in [-0.15, -0.1) is 0 Å². The first kappa shape index (κ1) is 24.5. The van der Waals surface area contributed by atoms with Crippen LogP contribution in [0.2, 0.25) is 0 Å². The molecule has 0 aromatic heterocycles. The van der Waals surface area contributed by atoms with Gasteiger partial charge in [-0.1, -0.05) is 54.6 Å². The number of benzene rings is 5. The summed E-state index contributed by atoms with van der Waals surface area (Å²) in [5, 5.41) is 0. The van der Waals surface area contributed by atoms with Crippen molar-refractivity contribution in [3.63, 3.8) is 0 Å². The predicted octanol–water partition coefficient (Wildman–Crippen LogP) is 10.2. The Balaban J connectivity index is 1.52. The van der Waals surface area contributed by atoms with Crippen molar-refractivity contribution < 1.29 is 13.2 Å². The molecule has 0 saturated carbocycles. The first-order valence-electron chi connectivity index (χ1n) is 11.7. The molecule has 5 rings (SSSR count). The van der Waals surface area contributed by atoms with E-state index in [1.54, 1.807) is 12.1 Å². The molecule has 0 saturated heterocycles. The highest BCUT2D eigenvalue weighted by atomic mass is 32.2. The van der Waals surface area contributed by atoms with E-state index in [9.17, 15) is 13.2 Å². The Kier molecular flexibility index (Phi) is 7.19. The molecule has 0 atom stereocenters. The zero-order valence-electron chi connectivity index (χ0n) is 19.7. The zero-order valence-corrected chi connectivity index (χ0v) is 20.5. The van der Waals surface area contributed by atoms with Gasteiger partial charge in [0.25, 0.3) is 0 Å². The summed E-state index contributed by atoms with van der Waals surface area (Å²) in [5.74, 6) is 0. The molecule has 0 radical (unpaired) electrons. The van der Waals surface area contributed by atoms with Gasteiger partial charge in [0.1, 0.15) is 0 Å². The fraction of sp³-hybridized carbons (Fsp3) is 0.0323. The monoisotopic (exact) mass is 512 g/mol. The van der Waals surface area contributed by atoms with Crippen molar-refractivity contribution >= 4 is 45.9 Å². The second-order valence-electron chi connectivity index (χ2n) is 8.24. The Morgan fingerprint density at radius 2 is 0.649 bits per heavy atom. The van der Waals surface area contributed by atoms with Crippen LogP contribution in [-0.4, -0.2) is 5.51 Å². The lowest BCUT2D eigenvalue weighted by molar-refractivity contribution is -0.0328. The van der Waals surface area contributed by atoms with Crippen LogP contribution in [0.1, 0.15) is 0 Å². The zero-order chi connectivity index (χ0) is 25.7. The lowest BCUT2D eigenvalue weighted by Gasteiger charge is -2.28. The van der Waals surface area contributed by atoms with E-state index in [2.05, 4.69) is 41.3 Å². The summed E-state index contributed by atoms with van der Waals surface area (Å²) in [6.07, 6.45) is 0. The maximum absolute atomic E-state index is 12.8. The third kappa shape index (κ3) is 5.98. The van der Waals surface area contributed by atoms with Crippen LogP contribution in [0.3, 0.4) is 0 Å². The SMILES string of the molecule is FC(F)(F)Sc1ccc(N(c2ccccc2)c2ccc(N(c3ccccc3)c3ccccc3)cc2)cc1. The Morgan fingerprint density at radius 1 is 0.378 bits per heavy atom. The van der Waals surface area contributed by atoms with Crippen molar-refractivity contribution in [2.75, 3.05) is 9.80 Å². The summed E-state index contributed by atoms with van der Waals surface area (Å²) in [6.45, 7) is 0. The molecule has 0 fully saturated rings. The van der Waals surface area contributed by atoms with Gasteiger partial charge in [0.05, 0.1) is 0 Å². The number of hydrogen-bond donors (Lipinski definition) is 0. The molecule has 0 heterocycles. The molecule has 0 N–H and O–H groups in total. The van der Waals surface area contributed by atoms with Crippen LogP contribution >= 0.6 is 11.8 Å². The number of thioether (sulfide) groups is 1. The number of rotatable bonds is 7. The van der Waals surface area contributed by atoms with E-state index in [4.69, 9.17) is 0 Å². The van der Waals surface area contributed by atoms with Crippen LogP contribution in [-0.2, 0) is 0 Å². The summed E-state index contributed by atoms with van der Waals surface area (Å²) in [6, 6.07) is 44.7. The molecular formula is C31H23F3N2S. The van der Waals surface area contributed by atoms with Crippen LogP contribution in [0.25, 0.3) is 0 Å². The van der Waals surface area contributed by atoms with E-state index in [0.717, 1.165) is 34.1 Å². The third-order valence-electron chi connectivity index (χ3n) is 5.74. The highest BCUT2D eigenvalue weighted by Crippen LogP contribution is 2.41. The summed E-state index contributed by atoms with van der Waals surface area (Å²) in [5.41, 5.74) is 1.33. The van der Waals surface area contributed by atoms with E-state index in [1.807, 2.05) is 83.8 Å². The Labute approximate surface area is 218 Å². The lowest BCUT2D eigenvalue weighted by atomic mass is 10.1. The van der Waals surface area contributed by atoms with Crippen molar-refractivity contribution in [1.82, 2.24) is 0 Å². The van der Waals surface area contributed by atoms with E-state index >= 15 is 0 Å². The largest absolute Gasteiger partial charge is 0.446 e. The standard InChI is InChI=1S/C31H23F3N2S/c32-31(33,34)37-30-22-20-29(21-23-30)36(26-14-8-3-9-15-26)28-18-16-27(17-19-28)35(24-10-4-1-5-11-24)25-12-6-2-7-13-25/h1-23H. The topological polar surface area (TPSA) is 6.48 Å². The minimum absolute atomic E-state index is 0.110. The molecule has 184 valence electrons. The quantitative estimate of drug-likeness (QED) is 0.200. The van der Waals surface area contributed by atoms with Gasteiger partial charge in [-0.05, 0) is 96.7 Å². The lowest BCUT2D eigenvalue weighted by Crippen LogP contribution is -2.12. The molecule has 0 amide bonds. The van der Waals surface area contributed by atoms with Gasteiger partial charge >= 0.3 is 5.51 Å². The Hall–Kier alpha value is -4.16. The molecule has 0 aliphatic rings. The van der Waals surface area contributed by atoms with E-state index < -0.39 is 5.51 Å². The van der Waals surface area contributed by atoms with Crippen molar-refractivity contribution in [1.29, 1.82) is 0 Å². The van der Waals surface area contributed by atoms with Crippen LogP contribution in [0, 0.1) is 0 Å². The summed E-state index contributed by atoms with van der Waals surface area (Å²) in [4.78, 5) is 4.36. The number of halogens is 3. The average molecular weight is 513 g/mol. The fourth-order valence-electron chi connectivity index (χ4n) is 4.17. The molecule has 0 aliphatic carbocycles. The number of anilines is 6. The van der Waals surface area contributed by atoms with Crippen LogP contribution < -0.4 is 9.80 Å². The first-order chi connectivity index (χ1) is 18.0. The molecule has 0 unspecified atom stereocenters. The second kappa shape index (κ2) is 10.8. The maximum atomic E-state index is 12.8. The number of hydrogen-bond acceptors (Lipinski definition) is 3. The van der Waals surface area contributed by atoms with E-state index in [-0.39, 0.29) is 16.7 Å². The van der Waals surface area contributed by atoms with Gasteiger partial charge in [0.15, 0.2) is 0 Å². The first-order valence-corrected chi connectivity index (χ1v) is 12.5. The van der Waals surface area contributed by atoms with Gasteiger partial charge in [-0.3, -0.25) is 0 Å². The second-order valence-corrected chi connectivity index (χ2v) is 9.37. The predicted molar refractivity (Wildman–Crippen MR) is 148 cm³/mol. The third-order valence-corrected chi connectivity index (χ3v) is 6.48. The summed E-state index contributed by atoms with van der Waals surface area (Å²) >= 11 is -0.110. The molecule has 0 bridgehead atoms. The van der Waals surface area contributed by atoms with Crippen molar-refractivity contribution in [2.24, 2.45) is 0 Å². The van der Waals surface area contributed by atoms with Gasteiger partial charge < -0.3 is 9.80 Å². The van der Waals surface area contributed by atoms with Gasteiger partial charge in [-0.25, -0.2) is 0 Å². The normalized spacial score (nSPS) is 11.2. The van der Waals surface area contributed by atoms with E-state index in [0.29, 0.717) is 0 Å². The molecule has 5 aromatic carbocycles. The van der Waals surface area contributed by atoms with Crippen LogP contribution in [0.4, 0.5) is 47.3 Å².